The maximum atomic E-state index is 5.61. The molecule has 0 aliphatic carbocycles. The number of aromatic nitrogens is 1. The predicted molar refractivity (Wildman–Crippen MR) is 59.4 cm³/mol. The first-order valence-corrected chi connectivity index (χ1v) is 4.74. The molecule has 0 bridgehead atoms. The molecule has 0 atom stereocenters. The Morgan fingerprint density at radius 1 is 1.40 bits per heavy atom. The van der Waals surface area contributed by atoms with E-state index in [4.69, 9.17) is 10.2 Å². The summed E-state index contributed by atoms with van der Waals surface area (Å²) in [6.45, 7) is 2.56. The van der Waals surface area contributed by atoms with Gasteiger partial charge in [0, 0.05) is 6.20 Å². The second-order valence-electron chi connectivity index (χ2n) is 3.37. The van der Waals surface area contributed by atoms with Gasteiger partial charge in [0.05, 0.1) is 24.1 Å². The highest BCUT2D eigenvalue weighted by molar-refractivity contribution is 5.51. The molecule has 3 N–H and O–H groups in total. The number of aryl methyl sites for hydroxylation is 1. The number of pyridine rings is 1. The first-order chi connectivity index (χ1) is 7.24. The van der Waals surface area contributed by atoms with Crippen molar-refractivity contribution in [2.45, 2.75) is 13.5 Å². The van der Waals surface area contributed by atoms with E-state index in [0.29, 0.717) is 12.2 Å². The van der Waals surface area contributed by atoms with Gasteiger partial charge in [0.15, 0.2) is 0 Å². The van der Waals surface area contributed by atoms with Crippen LogP contribution in [-0.2, 0) is 6.54 Å². The van der Waals surface area contributed by atoms with E-state index in [-0.39, 0.29) is 0 Å². The van der Waals surface area contributed by atoms with Crippen LogP contribution in [0, 0.1) is 6.92 Å². The molecule has 0 aromatic carbocycles. The molecule has 4 nitrogen and oxygen atoms in total. The van der Waals surface area contributed by atoms with Crippen molar-refractivity contribution in [3.8, 4) is 0 Å². The Morgan fingerprint density at radius 2 is 2.27 bits per heavy atom. The predicted octanol–water partition coefficient (Wildman–Crippen LogP) is 2.18. The summed E-state index contributed by atoms with van der Waals surface area (Å²) < 4.78 is 5.42. The average Bonchev–Trinajstić information content (AvgIpc) is 2.62. The molecule has 2 aromatic rings. The summed E-state index contributed by atoms with van der Waals surface area (Å²) in [5.41, 5.74) is 7.15. The second-order valence-corrected chi connectivity index (χ2v) is 3.37. The van der Waals surface area contributed by atoms with Crippen molar-refractivity contribution < 1.29 is 4.42 Å². The molecular weight excluding hydrogens is 190 g/mol. The number of anilines is 2. The molecule has 4 heteroatoms. The third kappa shape index (κ3) is 2.49. The van der Waals surface area contributed by atoms with E-state index in [1.807, 2.05) is 25.1 Å². The Labute approximate surface area is 88.1 Å². The number of hydrogen-bond donors (Lipinski definition) is 2. The monoisotopic (exact) mass is 203 g/mol. The fourth-order valence-electron chi connectivity index (χ4n) is 1.32. The Morgan fingerprint density at radius 3 is 2.93 bits per heavy atom. The number of furan rings is 1. The van der Waals surface area contributed by atoms with Crippen molar-refractivity contribution in [3.63, 3.8) is 0 Å². The Kier molecular flexibility index (Phi) is 2.58. The van der Waals surface area contributed by atoms with E-state index < -0.39 is 0 Å². The molecule has 0 amide bonds. The van der Waals surface area contributed by atoms with Crippen molar-refractivity contribution in [2.75, 3.05) is 11.1 Å². The minimum Gasteiger partial charge on any atom is -0.465 e. The zero-order valence-corrected chi connectivity index (χ0v) is 8.53. The molecular formula is C11H13N3O. The number of hydrogen-bond acceptors (Lipinski definition) is 4. The molecule has 0 aliphatic rings. The van der Waals surface area contributed by atoms with E-state index in [9.17, 15) is 0 Å². The van der Waals surface area contributed by atoms with Gasteiger partial charge in [-0.05, 0) is 25.1 Å². The summed E-state index contributed by atoms with van der Waals surface area (Å²) in [7, 11) is 0. The van der Waals surface area contributed by atoms with Gasteiger partial charge in [-0.1, -0.05) is 0 Å². The average molecular weight is 203 g/mol. The van der Waals surface area contributed by atoms with Crippen molar-refractivity contribution in [1.82, 2.24) is 4.98 Å². The van der Waals surface area contributed by atoms with Crippen molar-refractivity contribution in [2.24, 2.45) is 0 Å². The summed E-state index contributed by atoms with van der Waals surface area (Å²) in [5, 5.41) is 3.18. The van der Waals surface area contributed by atoms with Gasteiger partial charge in [-0.2, -0.15) is 0 Å². The Bertz CT molecular complexity index is 451. The molecule has 2 aromatic heterocycles. The lowest BCUT2D eigenvalue weighted by atomic mass is 10.3. The van der Waals surface area contributed by atoms with Gasteiger partial charge < -0.3 is 15.5 Å². The molecule has 2 heterocycles. The lowest BCUT2D eigenvalue weighted by Gasteiger charge is -2.03. The summed E-state index contributed by atoms with van der Waals surface area (Å²) in [4.78, 5) is 3.98. The second kappa shape index (κ2) is 4.04. The third-order valence-corrected chi connectivity index (χ3v) is 2.02. The van der Waals surface area contributed by atoms with Gasteiger partial charge >= 0.3 is 0 Å². The van der Waals surface area contributed by atoms with Crippen LogP contribution in [0.25, 0.3) is 0 Å². The topological polar surface area (TPSA) is 64.1 Å². The molecule has 0 spiro atoms. The molecule has 78 valence electrons. The highest BCUT2D eigenvalue weighted by Gasteiger charge is 1.98. The normalized spacial score (nSPS) is 10.2. The van der Waals surface area contributed by atoms with Crippen LogP contribution >= 0.6 is 0 Å². The zero-order chi connectivity index (χ0) is 10.7. The van der Waals surface area contributed by atoms with Gasteiger partial charge in [0.1, 0.15) is 11.5 Å². The Balaban J connectivity index is 1.99. The molecule has 0 saturated heterocycles. The number of nitrogens with two attached hydrogens (primary N) is 1. The minimum atomic E-state index is 0.638. The molecule has 0 aliphatic heterocycles. The summed E-state index contributed by atoms with van der Waals surface area (Å²) in [6, 6.07) is 5.72. The lowest BCUT2D eigenvalue weighted by Crippen LogP contribution is -1.99. The maximum absolute atomic E-state index is 5.61. The van der Waals surface area contributed by atoms with Crippen LogP contribution in [0.1, 0.15) is 11.5 Å². The zero-order valence-electron chi connectivity index (χ0n) is 8.53. The third-order valence-electron chi connectivity index (χ3n) is 2.02. The van der Waals surface area contributed by atoms with Crippen molar-refractivity contribution >= 4 is 11.4 Å². The molecule has 0 unspecified atom stereocenters. The largest absolute Gasteiger partial charge is 0.465 e. The smallest absolute Gasteiger partial charge is 0.123 e. The molecule has 2 rings (SSSR count). The first-order valence-electron chi connectivity index (χ1n) is 4.74. The number of nitrogens with one attached hydrogen (secondary N) is 1. The van der Waals surface area contributed by atoms with E-state index in [0.717, 1.165) is 17.2 Å². The van der Waals surface area contributed by atoms with Crippen LogP contribution in [0.15, 0.2) is 35.0 Å². The number of nitrogen functional groups attached to an aromatic ring is 1. The number of nitrogens with zero attached hydrogens (tertiary/aromatic N) is 1. The van der Waals surface area contributed by atoms with Crippen molar-refractivity contribution in [1.29, 1.82) is 0 Å². The van der Waals surface area contributed by atoms with Crippen molar-refractivity contribution in [3.05, 3.63) is 42.1 Å². The standard InChI is InChI=1S/C11H13N3O/c1-8-2-3-11(15-8)7-14-10-4-9(12)5-13-6-10/h2-6,14H,7,12H2,1H3. The van der Waals surface area contributed by atoms with Crippen LogP contribution in [0.2, 0.25) is 0 Å². The molecule has 0 saturated carbocycles. The molecule has 15 heavy (non-hydrogen) atoms. The first kappa shape index (κ1) is 9.58. The highest BCUT2D eigenvalue weighted by atomic mass is 16.3. The highest BCUT2D eigenvalue weighted by Crippen LogP contribution is 2.12. The van der Waals surface area contributed by atoms with Gasteiger partial charge in [-0.15, -0.1) is 0 Å². The quantitative estimate of drug-likeness (QED) is 0.802. The van der Waals surface area contributed by atoms with Gasteiger partial charge in [-0.25, -0.2) is 0 Å². The van der Waals surface area contributed by atoms with Gasteiger partial charge in [0.2, 0.25) is 0 Å². The summed E-state index contributed by atoms with van der Waals surface area (Å²) in [6.07, 6.45) is 3.34. The van der Waals surface area contributed by atoms with E-state index in [1.54, 1.807) is 12.4 Å². The fourth-order valence-corrected chi connectivity index (χ4v) is 1.32. The van der Waals surface area contributed by atoms with E-state index in [1.165, 1.54) is 0 Å². The van der Waals surface area contributed by atoms with Gasteiger partial charge in [-0.3, -0.25) is 4.98 Å². The molecule has 0 radical (unpaired) electrons. The van der Waals surface area contributed by atoms with E-state index >= 15 is 0 Å². The minimum absolute atomic E-state index is 0.638. The van der Waals surface area contributed by atoms with Crippen LogP contribution < -0.4 is 11.1 Å². The maximum Gasteiger partial charge on any atom is 0.123 e. The summed E-state index contributed by atoms with van der Waals surface area (Å²) >= 11 is 0. The molecule has 0 fully saturated rings. The number of rotatable bonds is 3. The van der Waals surface area contributed by atoms with E-state index in [2.05, 4.69) is 10.3 Å². The fraction of sp³-hybridized carbons (Fsp3) is 0.182. The van der Waals surface area contributed by atoms with Crippen LogP contribution in [0.5, 0.6) is 0 Å². The van der Waals surface area contributed by atoms with Crippen LogP contribution in [0.3, 0.4) is 0 Å². The SMILES string of the molecule is Cc1ccc(CNc2cncc(N)c2)o1. The lowest BCUT2D eigenvalue weighted by molar-refractivity contribution is 0.490. The Hall–Kier alpha value is -1.97. The van der Waals surface area contributed by atoms with Crippen LogP contribution in [-0.4, -0.2) is 4.98 Å². The van der Waals surface area contributed by atoms with Gasteiger partial charge in [0.25, 0.3) is 0 Å². The van der Waals surface area contributed by atoms with Crippen LogP contribution in [0.4, 0.5) is 11.4 Å². The summed E-state index contributed by atoms with van der Waals surface area (Å²) in [5.74, 6) is 1.81.